The van der Waals surface area contributed by atoms with Crippen LogP contribution in [0.2, 0.25) is 0 Å². The molecule has 0 saturated carbocycles. The Hall–Kier alpha value is -2.97. The maximum Gasteiger partial charge on any atom is 0.251 e. The molecule has 0 aliphatic heterocycles. The van der Waals surface area contributed by atoms with Crippen LogP contribution in [-0.4, -0.2) is 30.7 Å². The average molecular weight is 427 g/mol. The normalized spacial score (nSPS) is 11.4. The van der Waals surface area contributed by atoms with E-state index in [1.807, 2.05) is 48.1 Å². The van der Waals surface area contributed by atoms with Gasteiger partial charge in [0.05, 0.1) is 11.1 Å². The van der Waals surface area contributed by atoms with E-state index in [1.165, 1.54) is 6.07 Å². The number of aryl methyl sites for hydroxylation is 3. The molecule has 0 radical (unpaired) electrons. The Kier molecular flexibility index (Phi) is 7.02. The number of hydrogen-bond acceptors (Lipinski definition) is 4. The number of sulfonamides is 1. The number of aromatic nitrogens is 2. The zero-order valence-corrected chi connectivity index (χ0v) is 17.9. The first-order valence-electron chi connectivity index (χ1n) is 9.77. The molecule has 1 amide bonds. The highest BCUT2D eigenvalue weighted by Gasteiger charge is 2.19. The molecular formula is C22H26N4O3S. The molecule has 0 spiro atoms. The fourth-order valence-electron chi connectivity index (χ4n) is 3.02. The Labute approximate surface area is 177 Å². The monoisotopic (exact) mass is 426 g/mol. The quantitative estimate of drug-likeness (QED) is 0.515. The van der Waals surface area contributed by atoms with Crippen molar-refractivity contribution in [2.45, 2.75) is 38.3 Å². The second kappa shape index (κ2) is 9.69. The van der Waals surface area contributed by atoms with Crippen LogP contribution in [0, 0.1) is 13.8 Å². The van der Waals surface area contributed by atoms with E-state index in [4.69, 9.17) is 0 Å². The number of carbonyl (C=O) groups excluding carboxylic acids is 1. The van der Waals surface area contributed by atoms with Crippen molar-refractivity contribution in [3.05, 3.63) is 83.2 Å². The Morgan fingerprint density at radius 3 is 2.57 bits per heavy atom. The van der Waals surface area contributed by atoms with Gasteiger partial charge in [0.1, 0.15) is 0 Å². The van der Waals surface area contributed by atoms with Crippen LogP contribution in [0.3, 0.4) is 0 Å². The third-order valence-corrected chi connectivity index (χ3v) is 6.20. The van der Waals surface area contributed by atoms with Gasteiger partial charge < -0.3 is 5.32 Å². The molecule has 0 aliphatic carbocycles. The maximum atomic E-state index is 12.8. The van der Waals surface area contributed by atoms with Gasteiger partial charge in [-0.15, -0.1) is 0 Å². The summed E-state index contributed by atoms with van der Waals surface area (Å²) in [6.07, 6.45) is 4.46. The first-order chi connectivity index (χ1) is 14.3. The number of carbonyl (C=O) groups is 1. The van der Waals surface area contributed by atoms with Gasteiger partial charge in [-0.1, -0.05) is 36.4 Å². The molecule has 2 aromatic carbocycles. The summed E-state index contributed by atoms with van der Waals surface area (Å²) in [5, 5.41) is 7.05. The predicted octanol–water partition coefficient (Wildman–Crippen LogP) is 2.80. The second-order valence-corrected chi connectivity index (χ2v) is 8.92. The minimum absolute atomic E-state index is 0.109. The van der Waals surface area contributed by atoms with Crippen LogP contribution in [-0.2, 0) is 23.1 Å². The third-order valence-electron chi connectivity index (χ3n) is 4.66. The standard InChI is InChI=1S/C22H26N4O3S/c1-17-14-24-26(16-17)12-6-11-23-22(27)20-10-9-18(2)21(13-20)30(28,29)25-15-19-7-4-3-5-8-19/h3-5,7-10,13-14,16,25H,6,11-12,15H2,1-2H3,(H,23,27). The van der Waals surface area contributed by atoms with Gasteiger partial charge in [0.25, 0.3) is 5.91 Å². The SMILES string of the molecule is Cc1cnn(CCCNC(=O)c2ccc(C)c(S(=O)(=O)NCc3ccccc3)c2)c1. The van der Waals surface area contributed by atoms with Gasteiger partial charge in [-0.05, 0) is 49.1 Å². The molecule has 1 aromatic heterocycles. The van der Waals surface area contributed by atoms with Gasteiger partial charge in [0.2, 0.25) is 10.0 Å². The number of rotatable bonds is 9. The summed E-state index contributed by atoms with van der Waals surface area (Å²) in [5.74, 6) is -0.300. The lowest BCUT2D eigenvalue weighted by atomic mass is 10.1. The molecule has 0 unspecified atom stereocenters. The minimum Gasteiger partial charge on any atom is -0.352 e. The molecule has 8 heteroatoms. The molecule has 3 aromatic rings. The van der Waals surface area contributed by atoms with Crippen LogP contribution in [0.4, 0.5) is 0 Å². The van der Waals surface area contributed by atoms with Crippen molar-refractivity contribution in [1.29, 1.82) is 0 Å². The highest BCUT2D eigenvalue weighted by molar-refractivity contribution is 7.89. The van der Waals surface area contributed by atoms with E-state index in [1.54, 1.807) is 25.3 Å². The maximum absolute atomic E-state index is 12.8. The highest BCUT2D eigenvalue weighted by Crippen LogP contribution is 2.17. The van der Waals surface area contributed by atoms with Gasteiger partial charge in [0.15, 0.2) is 0 Å². The van der Waals surface area contributed by atoms with Crippen molar-refractivity contribution in [1.82, 2.24) is 19.8 Å². The van der Waals surface area contributed by atoms with Gasteiger partial charge >= 0.3 is 0 Å². The molecule has 3 rings (SSSR count). The predicted molar refractivity (Wildman–Crippen MR) is 116 cm³/mol. The van der Waals surface area contributed by atoms with Gasteiger partial charge in [-0.2, -0.15) is 5.10 Å². The van der Waals surface area contributed by atoms with Gasteiger partial charge in [-0.3, -0.25) is 9.48 Å². The lowest BCUT2D eigenvalue weighted by molar-refractivity contribution is 0.0952. The molecule has 158 valence electrons. The first-order valence-corrected chi connectivity index (χ1v) is 11.2. The Morgan fingerprint density at radius 1 is 1.10 bits per heavy atom. The third kappa shape index (κ3) is 5.77. The van der Waals surface area contributed by atoms with Crippen LogP contribution in [0.25, 0.3) is 0 Å². The molecule has 1 heterocycles. The summed E-state index contributed by atoms with van der Waals surface area (Å²) in [6, 6.07) is 14.0. The molecule has 2 N–H and O–H groups in total. The van der Waals surface area contributed by atoms with E-state index in [2.05, 4.69) is 15.1 Å². The summed E-state index contributed by atoms with van der Waals surface area (Å²) in [5.41, 5.74) is 2.85. The highest BCUT2D eigenvalue weighted by atomic mass is 32.2. The van der Waals surface area contributed by atoms with E-state index in [0.717, 1.165) is 17.5 Å². The van der Waals surface area contributed by atoms with Gasteiger partial charge in [-0.25, -0.2) is 13.1 Å². The minimum atomic E-state index is -3.75. The molecule has 0 fully saturated rings. The summed E-state index contributed by atoms with van der Waals surface area (Å²) in [4.78, 5) is 12.6. The van der Waals surface area contributed by atoms with Crippen molar-refractivity contribution in [3.8, 4) is 0 Å². The van der Waals surface area contributed by atoms with E-state index in [0.29, 0.717) is 24.2 Å². The first kappa shape index (κ1) is 21.7. The number of nitrogens with one attached hydrogen (secondary N) is 2. The fraction of sp³-hybridized carbons (Fsp3) is 0.273. The summed E-state index contributed by atoms with van der Waals surface area (Å²) in [7, 11) is -3.75. The van der Waals surface area contributed by atoms with Crippen LogP contribution in [0.5, 0.6) is 0 Å². The summed E-state index contributed by atoms with van der Waals surface area (Å²) >= 11 is 0. The molecule has 0 atom stereocenters. The average Bonchev–Trinajstić information content (AvgIpc) is 3.15. The number of benzene rings is 2. The molecular weight excluding hydrogens is 400 g/mol. The van der Waals surface area contributed by atoms with Crippen LogP contribution in [0.15, 0.2) is 65.8 Å². The Balaban J connectivity index is 1.61. The molecule has 30 heavy (non-hydrogen) atoms. The number of nitrogens with zero attached hydrogens (tertiary/aromatic N) is 2. The van der Waals surface area contributed by atoms with E-state index < -0.39 is 10.0 Å². The molecule has 0 bridgehead atoms. The topological polar surface area (TPSA) is 93.1 Å². The van der Waals surface area contributed by atoms with Crippen molar-refractivity contribution in [2.75, 3.05) is 6.54 Å². The lowest BCUT2D eigenvalue weighted by Gasteiger charge is -2.12. The largest absolute Gasteiger partial charge is 0.352 e. The van der Waals surface area contributed by atoms with Crippen LogP contribution in [0.1, 0.15) is 33.5 Å². The zero-order valence-electron chi connectivity index (χ0n) is 17.1. The van der Waals surface area contributed by atoms with E-state index in [-0.39, 0.29) is 17.3 Å². The lowest BCUT2D eigenvalue weighted by Crippen LogP contribution is -2.27. The van der Waals surface area contributed by atoms with Crippen molar-refractivity contribution < 1.29 is 13.2 Å². The van der Waals surface area contributed by atoms with Crippen molar-refractivity contribution in [3.63, 3.8) is 0 Å². The number of amides is 1. The molecule has 0 saturated heterocycles. The second-order valence-electron chi connectivity index (χ2n) is 7.18. The Morgan fingerprint density at radius 2 is 1.87 bits per heavy atom. The fourth-order valence-corrected chi connectivity index (χ4v) is 4.30. The summed E-state index contributed by atoms with van der Waals surface area (Å²) in [6.45, 7) is 5.05. The van der Waals surface area contributed by atoms with Crippen LogP contribution >= 0.6 is 0 Å². The molecule has 7 nitrogen and oxygen atoms in total. The smallest absolute Gasteiger partial charge is 0.251 e. The van der Waals surface area contributed by atoms with E-state index in [9.17, 15) is 13.2 Å². The van der Waals surface area contributed by atoms with Crippen molar-refractivity contribution >= 4 is 15.9 Å². The van der Waals surface area contributed by atoms with Crippen LogP contribution < -0.4 is 10.0 Å². The molecule has 0 aliphatic rings. The zero-order chi connectivity index (χ0) is 21.6. The summed E-state index contributed by atoms with van der Waals surface area (Å²) < 4.78 is 30.0. The Bertz CT molecular complexity index is 1110. The number of hydrogen-bond donors (Lipinski definition) is 2. The van der Waals surface area contributed by atoms with Gasteiger partial charge in [0, 0.05) is 31.4 Å². The van der Waals surface area contributed by atoms with Crippen molar-refractivity contribution in [2.24, 2.45) is 0 Å². The van der Waals surface area contributed by atoms with E-state index >= 15 is 0 Å².